The second-order valence-corrected chi connectivity index (χ2v) is 6.75. The molecular weight excluding hydrogens is 304 g/mol. The molecule has 1 aromatic rings. The molecule has 0 unspecified atom stereocenters. The quantitative estimate of drug-likeness (QED) is 0.869. The van der Waals surface area contributed by atoms with Gasteiger partial charge in [-0.3, -0.25) is 9.59 Å². The van der Waals surface area contributed by atoms with Crippen molar-refractivity contribution in [2.24, 2.45) is 5.92 Å². The van der Waals surface area contributed by atoms with Crippen molar-refractivity contribution in [2.75, 3.05) is 20.2 Å². The maximum Gasteiger partial charge on any atom is 0.223 e. The van der Waals surface area contributed by atoms with Crippen LogP contribution in [0.3, 0.4) is 0 Å². The highest BCUT2D eigenvalue weighted by Crippen LogP contribution is 2.29. The van der Waals surface area contributed by atoms with Gasteiger partial charge in [0, 0.05) is 31.5 Å². The first-order chi connectivity index (χ1) is 11.7. The Morgan fingerprint density at radius 3 is 2.54 bits per heavy atom. The maximum absolute atomic E-state index is 12.4. The fourth-order valence-electron chi connectivity index (χ4n) is 3.25. The van der Waals surface area contributed by atoms with Crippen molar-refractivity contribution >= 4 is 11.8 Å². The minimum Gasteiger partial charge on any atom is -0.496 e. The lowest BCUT2D eigenvalue weighted by molar-refractivity contribution is -0.132. The van der Waals surface area contributed by atoms with Crippen molar-refractivity contribution in [3.63, 3.8) is 0 Å². The molecule has 1 aromatic carbocycles. The minimum absolute atomic E-state index is 0.188. The number of methoxy groups -OCH3 is 1. The molecule has 0 aromatic heterocycles. The van der Waals surface area contributed by atoms with E-state index in [0.717, 1.165) is 50.1 Å². The molecule has 1 heterocycles. The van der Waals surface area contributed by atoms with E-state index in [4.69, 9.17) is 4.74 Å². The summed E-state index contributed by atoms with van der Waals surface area (Å²) in [5.41, 5.74) is 1.07. The summed E-state index contributed by atoms with van der Waals surface area (Å²) in [6.07, 6.45) is 4.98. The Bertz CT molecular complexity index is 590. The topological polar surface area (TPSA) is 58.6 Å². The van der Waals surface area contributed by atoms with E-state index in [1.807, 2.05) is 29.2 Å². The highest BCUT2D eigenvalue weighted by molar-refractivity contribution is 5.81. The van der Waals surface area contributed by atoms with Crippen LogP contribution in [0, 0.1) is 5.92 Å². The van der Waals surface area contributed by atoms with E-state index in [-0.39, 0.29) is 23.8 Å². The van der Waals surface area contributed by atoms with Crippen LogP contribution in [0.1, 0.15) is 37.7 Å². The fourth-order valence-corrected chi connectivity index (χ4v) is 3.25. The second-order valence-electron chi connectivity index (χ2n) is 6.75. The molecule has 0 bridgehead atoms. The number of aryl methyl sites for hydroxylation is 1. The number of nitrogens with one attached hydrogen (secondary N) is 1. The second kappa shape index (κ2) is 7.69. The number of para-hydroxylation sites is 1. The molecule has 2 amide bonds. The number of nitrogens with zero attached hydrogens (tertiary/aromatic N) is 1. The molecule has 1 aliphatic carbocycles. The molecule has 130 valence electrons. The predicted molar refractivity (Wildman–Crippen MR) is 91.8 cm³/mol. The number of hydrogen-bond donors (Lipinski definition) is 1. The van der Waals surface area contributed by atoms with Crippen LogP contribution in [0.25, 0.3) is 0 Å². The van der Waals surface area contributed by atoms with Crippen LogP contribution in [-0.2, 0) is 16.0 Å². The largest absolute Gasteiger partial charge is 0.496 e. The monoisotopic (exact) mass is 330 g/mol. The Morgan fingerprint density at radius 1 is 1.17 bits per heavy atom. The van der Waals surface area contributed by atoms with Crippen molar-refractivity contribution in [3.8, 4) is 5.75 Å². The molecule has 2 aliphatic rings. The van der Waals surface area contributed by atoms with E-state index < -0.39 is 0 Å². The number of benzene rings is 1. The van der Waals surface area contributed by atoms with Crippen LogP contribution >= 0.6 is 0 Å². The number of amides is 2. The maximum atomic E-state index is 12.4. The van der Waals surface area contributed by atoms with Gasteiger partial charge in [0.1, 0.15) is 5.75 Å². The molecule has 1 saturated carbocycles. The standard InChI is InChI=1S/C19H26N2O3/c1-24-17-5-3-2-4-14(17)8-9-18(22)21-12-10-16(11-13-21)20-19(23)15-6-7-15/h2-5,15-16H,6-13H2,1H3,(H,20,23). The van der Waals surface area contributed by atoms with Crippen LogP contribution < -0.4 is 10.1 Å². The highest BCUT2D eigenvalue weighted by atomic mass is 16.5. The van der Waals surface area contributed by atoms with E-state index >= 15 is 0 Å². The Morgan fingerprint density at radius 2 is 1.88 bits per heavy atom. The number of piperidine rings is 1. The first-order valence-electron chi connectivity index (χ1n) is 8.87. The third-order valence-corrected chi connectivity index (χ3v) is 4.94. The normalized spacial score (nSPS) is 18.3. The summed E-state index contributed by atoms with van der Waals surface area (Å²) in [5.74, 6) is 1.49. The minimum atomic E-state index is 0.188. The first kappa shape index (κ1) is 16.8. The van der Waals surface area contributed by atoms with E-state index in [9.17, 15) is 9.59 Å². The van der Waals surface area contributed by atoms with Crippen LogP contribution in [0.2, 0.25) is 0 Å². The average molecular weight is 330 g/mol. The average Bonchev–Trinajstić information content (AvgIpc) is 3.45. The predicted octanol–water partition coefficient (Wildman–Crippen LogP) is 2.14. The summed E-state index contributed by atoms with van der Waals surface area (Å²) in [6, 6.07) is 8.07. The molecule has 1 aliphatic heterocycles. The molecule has 24 heavy (non-hydrogen) atoms. The summed E-state index contributed by atoms with van der Waals surface area (Å²) in [5, 5.41) is 3.12. The van der Waals surface area contributed by atoms with Crippen molar-refractivity contribution < 1.29 is 14.3 Å². The zero-order chi connectivity index (χ0) is 16.9. The van der Waals surface area contributed by atoms with Gasteiger partial charge in [-0.25, -0.2) is 0 Å². The Balaban J connectivity index is 1.42. The van der Waals surface area contributed by atoms with Crippen molar-refractivity contribution in [3.05, 3.63) is 29.8 Å². The third kappa shape index (κ3) is 4.28. The Kier molecular flexibility index (Phi) is 5.38. The summed E-state index contributed by atoms with van der Waals surface area (Å²) in [7, 11) is 1.65. The SMILES string of the molecule is COc1ccccc1CCC(=O)N1CCC(NC(=O)C2CC2)CC1. The van der Waals surface area contributed by atoms with E-state index in [1.54, 1.807) is 7.11 Å². The number of carbonyl (C=O) groups is 2. The number of hydrogen-bond acceptors (Lipinski definition) is 3. The molecule has 1 saturated heterocycles. The number of likely N-dealkylation sites (tertiary alicyclic amines) is 1. The molecule has 0 radical (unpaired) electrons. The molecule has 5 nitrogen and oxygen atoms in total. The zero-order valence-corrected chi connectivity index (χ0v) is 14.3. The number of ether oxygens (including phenoxy) is 1. The van der Waals surface area contributed by atoms with Gasteiger partial charge in [-0.1, -0.05) is 18.2 Å². The van der Waals surface area contributed by atoms with Crippen molar-refractivity contribution in [1.29, 1.82) is 0 Å². The molecule has 0 atom stereocenters. The molecule has 5 heteroatoms. The summed E-state index contributed by atoms with van der Waals surface area (Å²) < 4.78 is 5.33. The lowest BCUT2D eigenvalue weighted by Gasteiger charge is -2.32. The third-order valence-electron chi connectivity index (χ3n) is 4.94. The summed E-state index contributed by atoms with van der Waals surface area (Å²) in [4.78, 5) is 26.1. The molecular formula is C19H26N2O3. The molecule has 0 spiro atoms. The van der Waals surface area contributed by atoms with Gasteiger partial charge < -0.3 is 15.0 Å². The van der Waals surface area contributed by atoms with E-state index in [0.29, 0.717) is 12.8 Å². The van der Waals surface area contributed by atoms with Crippen LogP contribution in [0.4, 0.5) is 0 Å². The molecule has 3 rings (SSSR count). The Labute approximate surface area is 143 Å². The Hall–Kier alpha value is -2.04. The van der Waals surface area contributed by atoms with Gasteiger partial charge in [-0.15, -0.1) is 0 Å². The lowest BCUT2D eigenvalue weighted by Crippen LogP contribution is -2.47. The first-order valence-corrected chi connectivity index (χ1v) is 8.87. The molecule has 2 fully saturated rings. The van der Waals surface area contributed by atoms with Gasteiger partial charge in [0.2, 0.25) is 11.8 Å². The summed E-state index contributed by atoms with van der Waals surface area (Å²) >= 11 is 0. The van der Waals surface area contributed by atoms with Gasteiger partial charge >= 0.3 is 0 Å². The van der Waals surface area contributed by atoms with Gasteiger partial charge in [0.15, 0.2) is 0 Å². The van der Waals surface area contributed by atoms with Gasteiger partial charge in [0.25, 0.3) is 0 Å². The van der Waals surface area contributed by atoms with Gasteiger partial charge in [0.05, 0.1) is 7.11 Å². The highest BCUT2D eigenvalue weighted by Gasteiger charge is 2.32. The van der Waals surface area contributed by atoms with Crippen LogP contribution in [0.5, 0.6) is 5.75 Å². The van der Waals surface area contributed by atoms with E-state index in [2.05, 4.69) is 5.32 Å². The van der Waals surface area contributed by atoms with Crippen LogP contribution in [-0.4, -0.2) is 43.0 Å². The lowest BCUT2D eigenvalue weighted by atomic mass is 10.0. The fraction of sp³-hybridized carbons (Fsp3) is 0.579. The van der Waals surface area contributed by atoms with Crippen LogP contribution in [0.15, 0.2) is 24.3 Å². The zero-order valence-electron chi connectivity index (χ0n) is 14.3. The smallest absolute Gasteiger partial charge is 0.223 e. The van der Waals surface area contributed by atoms with Crippen molar-refractivity contribution in [2.45, 2.75) is 44.6 Å². The van der Waals surface area contributed by atoms with E-state index in [1.165, 1.54) is 0 Å². The van der Waals surface area contributed by atoms with Crippen molar-refractivity contribution in [1.82, 2.24) is 10.2 Å². The molecule has 1 N–H and O–H groups in total. The van der Waals surface area contributed by atoms with Gasteiger partial charge in [-0.2, -0.15) is 0 Å². The van der Waals surface area contributed by atoms with Gasteiger partial charge in [-0.05, 0) is 43.7 Å². The number of rotatable bonds is 6. The number of carbonyl (C=O) groups excluding carboxylic acids is 2. The summed E-state index contributed by atoms with van der Waals surface area (Å²) in [6.45, 7) is 1.47.